The Balaban J connectivity index is 0.00000196. The van der Waals surface area contributed by atoms with E-state index >= 15 is 0 Å². The summed E-state index contributed by atoms with van der Waals surface area (Å²) in [7, 11) is 2.16. The number of likely N-dealkylation sites (tertiary alicyclic amines) is 1. The number of aromatic nitrogens is 2. The molecule has 3 aromatic rings. The van der Waals surface area contributed by atoms with Gasteiger partial charge in [-0.3, -0.25) is 4.79 Å². The molecule has 1 saturated heterocycles. The van der Waals surface area contributed by atoms with Gasteiger partial charge in [-0.25, -0.2) is 0 Å². The lowest BCUT2D eigenvalue weighted by molar-refractivity contribution is 0.0949. The third-order valence-corrected chi connectivity index (χ3v) is 5.48. The topological polar surface area (TPSA) is 38.1 Å². The zero-order chi connectivity index (χ0) is 17.4. The second-order valence-corrected chi connectivity index (χ2v) is 7.62. The maximum absolute atomic E-state index is 13.0. The van der Waals surface area contributed by atoms with Crippen LogP contribution in [0.15, 0.2) is 53.0 Å². The summed E-state index contributed by atoms with van der Waals surface area (Å²) < 4.78 is 2.53. The van der Waals surface area contributed by atoms with E-state index in [4.69, 9.17) is 5.10 Å². The molecule has 2 heterocycles. The van der Waals surface area contributed by atoms with Crippen LogP contribution >= 0.6 is 28.3 Å². The van der Waals surface area contributed by atoms with Gasteiger partial charge in [-0.2, -0.15) is 9.78 Å². The van der Waals surface area contributed by atoms with Crippen molar-refractivity contribution in [2.24, 2.45) is 0 Å². The van der Waals surface area contributed by atoms with Crippen molar-refractivity contribution in [3.63, 3.8) is 0 Å². The van der Waals surface area contributed by atoms with E-state index in [1.165, 1.54) is 0 Å². The first-order chi connectivity index (χ1) is 12.1. The van der Waals surface area contributed by atoms with E-state index in [2.05, 4.69) is 33.9 Å². The van der Waals surface area contributed by atoms with E-state index in [-0.39, 0.29) is 18.3 Å². The normalized spacial score (nSPS) is 15.8. The predicted octanol–water partition coefficient (Wildman–Crippen LogP) is 4.72. The van der Waals surface area contributed by atoms with E-state index in [1.54, 1.807) is 4.68 Å². The van der Waals surface area contributed by atoms with Crippen LogP contribution in [0.3, 0.4) is 0 Å². The summed E-state index contributed by atoms with van der Waals surface area (Å²) in [6.07, 6.45) is 2.16. The van der Waals surface area contributed by atoms with Gasteiger partial charge in [0, 0.05) is 21.3 Å². The Hall–Kier alpha value is -1.69. The van der Waals surface area contributed by atoms with Gasteiger partial charge in [0.15, 0.2) is 0 Å². The van der Waals surface area contributed by atoms with Gasteiger partial charge in [-0.05, 0) is 63.3 Å². The third kappa shape index (κ3) is 3.56. The number of hydrogen-bond acceptors (Lipinski definition) is 3. The second-order valence-electron chi connectivity index (χ2n) is 6.71. The van der Waals surface area contributed by atoms with Gasteiger partial charge in [0.2, 0.25) is 0 Å². The standard InChI is InChI=1S/C20H20BrN3O.ClH/c1-23-11-9-14(10-12-23)19-17-8-7-16(21)13-18(17)24(22-19)20(25)15-5-3-2-4-6-15;/h2-8,13-14H,9-12H2,1H3;1H. The molecule has 0 spiro atoms. The lowest BCUT2D eigenvalue weighted by atomic mass is 9.92. The molecule has 1 aliphatic heterocycles. The Morgan fingerprint density at radius 1 is 1.12 bits per heavy atom. The lowest BCUT2D eigenvalue weighted by Crippen LogP contribution is -2.29. The lowest BCUT2D eigenvalue weighted by Gasteiger charge is -2.28. The maximum Gasteiger partial charge on any atom is 0.278 e. The molecule has 0 bridgehead atoms. The highest BCUT2D eigenvalue weighted by atomic mass is 79.9. The SMILES string of the molecule is CN1CCC(c2nn(C(=O)c3ccccc3)c3cc(Br)ccc23)CC1.Cl. The predicted molar refractivity (Wildman–Crippen MR) is 110 cm³/mol. The fraction of sp³-hybridized carbons (Fsp3) is 0.300. The number of halogens is 2. The number of nitrogens with zero attached hydrogens (tertiary/aromatic N) is 3. The first-order valence-corrected chi connectivity index (χ1v) is 9.39. The Bertz CT molecular complexity index is 917. The highest BCUT2D eigenvalue weighted by Crippen LogP contribution is 2.33. The van der Waals surface area contributed by atoms with E-state index in [0.717, 1.165) is 47.0 Å². The van der Waals surface area contributed by atoms with Gasteiger partial charge in [0.1, 0.15) is 0 Å². The fourth-order valence-corrected chi connectivity index (χ4v) is 3.90. The summed E-state index contributed by atoms with van der Waals surface area (Å²) in [5.74, 6) is 0.326. The van der Waals surface area contributed by atoms with Crippen LogP contribution in [-0.2, 0) is 0 Å². The number of hydrogen-bond donors (Lipinski definition) is 0. The molecule has 1 aromatic heterocycles. The minimum Gasteiger partial charge on any atom is -0.306 e. The van der Waals surface area contributed by atoms with Crippen molar-refractivity contribution in [2.45, 2.75) is 18.8 Å². The Kier molecular flexibility index (Phi) is 5.80. The molecule has 1 aliphatic rings. The van der Waals surface area contributed by atoms with Crippen LogP contribution in [0.5, 0.6) is 0 Å². The van der Waals surface area contributed by atoms with Gasteiger partial charge >= 0.3 is 0 Å². The van der Waals surface area contributed by atoms with E-state index < -0.39 is 0 Å². The Morgan fingerprint density at radius 2 is 1.81 bits per heavy atom. The summed E-state index contributed by atoms with van der Waals surface area (Å²) in [6.45, 7) is 2.14. The molecular weight excluding hydrogens is 414 g/mol. The van der Waals surface area contributed by atoms with Crippen molar-refractivity contribution in [3.8, 4) is 0 Å². The maximum atomic E-state index is 13.0. The number of carbonyl (C=O) groups excluding carboxylic acids is 1. The van der Waals surface area contributed by atoms with E-state index in [0.29, 0.717) is 11.5 Å². The first-order valence-electron chi connectivity index (χ1n) is 8.60. The quantitative estimate of drug-likeness (QED) is 0.586. The van der Waals surface area contributed by atoms with Crippen LogP contribution in [0.4, 0.5) is 0 Å². The molecule has 6 heteroatoms. The molecule has 4 nitrogen and oxygen atoms in total. The molecule has 136 valence electrons. The molecule has 0 unspecified atom stereocenters. The summed E-state index contributed by atoms with van der Waals surface area (Å²) in [6, 6.07) is 15.4. The molecular formula is C20H21BrClN3O. The van der Waals surface area contributed by atoms with Crippen LogP contribution in [0.25, 0.3) is 10.9 Å². The van der Waals surface area contributed by atoms with Crippen LogP contribution in [-0.4, -0.2) is 40.7 Å². The third-order valence-electron chi connectivity index (χ3n) is 4.99. The van der Waals surface area contributed by atoms with Crippen molar-refractivity contribution in [1.82, 2.24) is 14.7 Å². The van der Waals surface area contributed by atoms with Crippen molar-refractivity contribution in [2.75, 3.05) is 20.1 Å². The largest absolute Gasteiger partial charge is 0.306 e. The van der Waals surface area contributed by atoms with Gasteiger partial charge in [0.05, 0.1) is 11.2 Å². The zero-order valence-electron chi connectivity index (χ0n) is 14.6. The number of benzene rings is 2. The first kappa shape index (κ1) is 19.1. The van der Waals surface area contributed by atoms with Crippen LogP contribution in [0.2, 0.25) is 0 Å². The van der Waals surface area contributed by atoms with Gasteiger partial charge in [0.25, 0.3) is 5.91 Å². The van der Waals surface area contributed by atoms with Crippen molar-refractivity contribution >= 4 is 45.1 Å². The monoisotopic (exact) mass is 433 g/mol. The number of rotatable bonds is 2. The van der Waals surface area contributed by atoms with Crippen LogP contribution in [0.1, 0.15) is 34.8 Å². The van der Waals surface area contributed by atoms with Gasteiger partial charge in [-0.15, -0.1) is 12.4 Å². The van der Waals surface area contributed by atoms with E-state index in [9.17, 15) is 4.79 Å². The highest BCUT2D eigenvalue weighted by molar-refractivity contribution is 9.10. The Morgan fingerprint density at radius 3 is 2.50 bits per heavy atom. The summed E-state index contributed by atoms with van der Waals surface area (Å²) in [5.41, 5.74) is 2.58. The number of piperidine rings is 1. The Labute approximate surface area is 167 Å². The molecule has 0 N–H and O–H groups in total. The summed E-state index contributed by atoms with van der Waals surface area (Å²) in [5, 5.41) is 5.87. The molecule has 0 saturated carbocycles. The van der Waals surface area contributed by atoms with Crippen LogP contribution in [0, 0.1) is 0 Å². The van der Waals surface area contributed by atoms with E-state index in [1.807, 2.05) is 42.5 Å². The molecule has 4 rings (SSSR count). The molecule has 1 fully saturated rings. The van der Waals surface area contributed by atoms with Gasteiger partial charge in [-0.1, -0.05) is 34.1 Å². The summed E-state index contributed by atoms with van der Waals surface area (Å²) >= 11 is 3.53. The highest BCUT2D eigenvalue weighted by Gasteiger charge is 2.25. The summed E-state index contributed by atoms with van der Waals surface area (Å²) in [4.78, 5) is 15.3. The molecule has 26 heavy (non-hydrogen) atoms. The average Bonchev–Trinajstić information content (AvgIpc) is 3.01. The molecule has 0 radical (unpaired) electrons. The zero-order valence-corrected chi connectivity index (χ0v) is 17.0. The minimum atomic E-state index is -0.0807. The van der Waals surface area contributed by atoms with Crippen molar-refractivity contribution < 1.29 is 4.79 Å². The fourth-order valence-electron chi connectivity index (χ4n) is 3.55. The smallest absolute Gasteiger partial charge is 0.278 e. The molecule has 2 aromatic carbocycles. The van der Waals surface area contributed by atoms with Crippen LogP contribution < -0.4 is 0 Å². The average molecular weight is 435 g/mol. The molecule has 0 amide bonds. The van der Waals surface area contributed by atoms with Crippen molar-refractivity contribution in [3.05, 3.63) is 64.3 Å². The minimum absolute atomic E-state index is 0. The number of fused-ring (bicyclic) bond motifs is 1. The molecule has 0 atom stereocenters. The second kappa shape index (κ2) is 7.91. The molecule has 0 aliphatic carbocycles. The van der Waals surface area contributed by atoms with Gasteiger partial charge < -0.3 is 4.90 Å². The number of carbonyl (C=O) groups is 1. The van der Waals surface area contributed by atoms with Crippen molar-refractivity contribution in [1.29, 1.82) is 0 Å².